The molecule has 1 aromatic carbocycles. The van der Waals surface area contributed by atoms with Crippen LogP contribution in [-0.4, -0.2) is 39.4 Å². The molecule has 0 bridgehead atoms. The fraction of sp³-hybridized carbons (Fsp3) is 0.222. The standard InChI is InChI=1S/C18H19NO5/c1-21-14-10-12(17(18(20)24-4)15(11-14)22-2)8-9-13-6-5-7-16(19-13)23-3/h5-11H,1-4H3. The average Bonchev–Trinajstić information content (AvgIpc) is 2.64. The Balaban J connectivity index is 2.50. The summed E-state index contributed by atoms with van der Waals surface area (Å²) < 4.78 is 20.5. The number of pyridine rings is 1. The molecule has 126 valence electrons. The molecule has 1 aromatic heterocycles. The quantitative estimate of drug-likeness (QED) is 0.759. The Morgan fingerprint density at radius 2 is 1.79 bits per heavy atom. The van der Waals surface area contributed by atoms with Crippen LogP contribution in [0.2, 0.25) is 0 Å². The van der Waals surface area contributed by atoms with Gasteiger partial charge in [0.2, 0.25) is 5.88 Å². The molecule has 0 atom stereocenters. The highest BCUT2D eigenvalue weighted by Crippen LogP contribution is 2.30. The summed E-state index contributed by atoms with van der Waals surface area (Å²) in [6.07, 6.45) is 3.52. The molecule has 24 heavy (non-hydrogen) atoms. The first-order chi connectivity index (χ1) is 11.6. The van der Waals surface area contributed by atoms with Crippen LogP contribution >= 0.6 is 0 Å². The minimum atomic E-state index is -0.493. The summed E-state index contributed by atoms with van der Waals surface area (Å²) in [6.45, 7) is 0. The number of carbonyl (C=O) groups is 1. The smallest absolute Gasteiger partial charge is 0.342 e. The molecule has 0 saturated carbocycles. The monoisotopic (exact) mass is 329 g/mol. The number of methoxy groups -OCH3 is 4. The number of carbonyl (C=O) groups excluding carboxylic acids is 1. The van der Waals surface area contributed by atoms with Crippen molar-refractivity contribution in [1.29, 1.82) is 0 Å². The van der Waals surface area contributed by atoms with E-state index in [4.69, 9.17) is 18.9 Å². The summed E-state index contributed by atoms with van der Waals surface area (Å²) in [4.78, 5) is 16.4. The lowest BCUT2D eigenvalue weighted by molar-refractivity contribution is 0.0597. The van der Waals surface area contributed by atoms with Gasteiger partial charge < -0.3 is 18.9 Å². The molecule has 6 nitrogen and oxygen atoms in total. The fourth-order valence-corrected chi connectivity index (χ4v) is 2.15. The van der Waals surface area contributed by atoms with Crippen molar-refractivity contribution >= 4 is 18.1 Å². The number of ether oxygens (including phenoxy) is 4. The SMILES string of the molecule is COC(=O)c1c(C=Cc2cccc(OC)n2)cc(OC)cc1OC. The number of aromatic nitrogens is 1. The molecule has 6 heteroatoms. The lowest BCUT2D eigenvalue weighted by Crippen LogP contribution is -2.07. The van der Waals surface area contributed by atoms with Crippen LogP contribution in [0.4, 0.5) is 0 Å². The second-order valence-electron chi connectivity index (χ2n) is 4.72. The van der Waals surface area contributed by atoms with Gasteiger partial charge in [-0.2, -0.15) is 0 Å². The van der Waals surface area contributed by atoms with E-state index in [0.717, 1.165) is 0 Å². The lowest BCUT2D eigenvalue weighted by atomic mass is 10.0. The van der Waals surface area contributed by atoms with Crippen molar-refractivity contribution < 1.29 is 23.7 Å². The van der Waals surface area contributed by atoms with Gasteiger partial charge in [-0.05, 0) is 23.8 Å². The van der Waals surface area contributed by atoms with Crippen LogP contribution in [0.5, 0.6) is 17.4 Å². The third-order valence-corrected chi connectivity index (χ3v) is 3.34. The van der Waals surface area contributed by atoms with Gasteiger partial charge in [-0.25, -0.2) is 9.78 Å². The van der Waals surface area contributed by atoms with Crippen LogP contribution in [-0.2, 0) is 4.74 Å². The van der Waals surface area contributed by atoms with Gasteiger partial charge in [-0.1, -0.05) is 12.1 Å². The normalized spacial score (nSPS) is 10.5. The second-order valence-corrected chi connectivity index (χ2v) is 4.72. The van der Waals surface area contributed by atoms with Crippen LogP contribution in [0, 0.1) is 0 Å². The Hall–Kier alpha value is -3.02. The molecule has 0 spiro atoms. The van der Waals surface area contributed by atoms with Crippen molar-refractivity contribution in [1.82, 2.24) is 4.98 Å². The first-order valence-electron chi connectivity index (χ1n) is 7.16. The van der Waals surface area contributed by atoms with E-state index in [9.17, 15) is 4.79 Å². The lowest BCUT2D eigenvalue weighted by Gasteiger charge is -2.12. The summed E-state index contributed by atoms with van der Waals surface area (Å²) in [6, 6.07) is 8.78. The van der Waals surface area contributed by atoms with Crippen LogP contribution in [0.1, 0.15) is 21.6 Å². The minimum Gasteiger partial charge on any atom is -0.497 e. The molecule has 0 amide bonds. The van der Waals surface area contributed by atoms with E-state index in [-0.39, 0.29) is 0 Å². The molecule has 0 aliphatic rings. The Morgan fingerprint density at radius 3 is 2.42 bits per heavy atom. The maximum absolute atomic E-state index is 12.1. The Labute approximate surface area is 140 Å². The van der Waals surface area contributed by atoms with Crippen molar-refractivity contribution in [2.45, 2.75) is 0 Å². The highest BCUT2D eigenvalue weighted by atomic mass is 16.5. The number of benzene rings is 1. The summed E-state index contributed by atoms with van der Waals surface area (Å²) in [5.41, 5.74) is 1.61. The molecule has 0 saturated heterocycles. The summed E-state index contributed by atoms with van der Waals surface area (Å²) in [5.74, 6) is 0.957. The third-order valence-electron chi connectivity index (χ3n) is 3.34. The molecule has 0 unspecified atom stereocenters. The van der Waals surface area contributed by atoms with E-state index >= 15 is 0 Å². The molecule has 0 N–H and O–H groups in total. The molecular weight excluding hydrogens is 310 g/mol. The molecule has 2 aromatic rings. The largest absolute Gasteiger partial charge is 0.497 e. The number of esters is 1. The van der Waals surface area contributed by atoms with Crippen molar-refractivity contribution in [3.63, 3.8) is 0 Å². The van der Waals surface area contributed by atoms with E-state index < -0.39 is 5.97 Å². The van der Waals surface area contributed by atoms with Gasteiger partial charge in [0, 0.05) is 12.1 Å². The molecule has 0 fully saturated rings. The van der Waals surface area contributed by atoms with Gasteiger partial charge in [0.25, 0.3) is 0 Å². The minimum absolute atomic E-state index is 0.319. The maximum Gasteiger partial charge on any atom is 0.342 e. The zero-order chi connectivity index (χ0) is 17.5. The van der Waals surface area contributed by atoms with E-state index in [1.54, 1.807) is 44.6 Å². The van der Waals surface area contributed by atoms with E-state index in [2.05, 4.69) is 4.98 Å². The summed E-state index contributed by atoms with van der Waals surface area (Å²) in [7, 11) is 5.91. The van der Waals surface area contributed by atoms with Gasteiger partial charge in [0.05, 0.1) is 34.1 Å². The van der Waals surface area contributed by atoms with Crippen LogP contribution in [0.15, 0.2) is 30.3 Å². The van der Waals surface area contributed by atoms with Crippen LogP contribution in [0.25, 0.3) is 12.2 Å². The summed E-state index contributed by atoms with van der Waals surface area (Å²) in [5, 5.41) is 0. The van der Waals surface area contributed by atoms with Crippen LogP contribution in [0.3, 0.4) is 0 Å². The topological polar surface area (TPSA) is 66.9 Å². The Kier molecular flexibility index (Phi) is 5.78. The van der Waals surface area contributed by atoms with Crippen molar-refractivity contribution in [3.05, 3.63) is 47.2 Å². The molecular formula is C18H19NO5. The number of nitrogens with zero attached hydrogens (tertiary/aromatic N) is 1. The molecule has 0 radical (unpaired) electrons. The first kappa shape index (κ1) is 17.3. The molecule has 1 heterocycles. The van der Waals surface area contributed by atoms with Gasteiger partial charge in [0.15, 0.2) is 0 Å². The van der Waals surface area contributed by atoms with Crippen molar-refractivity contribution in [3.8, 4) is 17.4 Å². The van der Waals surface area contributed by atoms with Gasteiger partial charge >= 0.3 is 5.97 Å². The molecule has 0 aliphatic carbocycles. The highest BCUT2D eigenvalue weighted by Gasteiger charge is 2.18. The van der Waals surface area contributed by atoms with Crippen LogP contribution < -0.4 is 14.2 Å². The molecule has 0 aliphatic heterocycles. The van der Waals surface area contributed by atoms with Gasteiger partial charge in [-0.15, -0.1) is 0 Å². The van der Waals surface area contributed by atoms with Gasteiger partial charge in [-0.3, -0.25) is 0 Å². The highest BCUT2D eigenvalue weighted by molar-refractivity contribution is 5.98. The van der Waals surface area contributed by atoms with E-state index in [1.165, 1.54) is 14.2 Å². The predicted octanol–water partition coefficient (Wildman–Crippen LogP) is 3.06. The average molecular weight is 329 g/mol. The number of rotatable bonds is 6. The predicted molar refractivity (Wildman–Crippen MR) is 90.6 cm³/mol. The zero-order valence-corrected chi connectivity index (χ0v) is 14.0. The van der Waals surface area contributed by atoms with Gasteiger partial charge in [0.1, 0.15) is 17.1 Å². The summed E-state index contributed by atoms with van der Waals surface area (Å²) >= 11 is 0. The molecule has 2 rings (SSSR count). The van der Waals surface area contributed by atoms with E-state index in [0.29, 0.717) is 34.2 Å². The van der Waals surface area contributed by atoms with E-state index in [1.807, 2.05) is 12.1 Å². The van der Waals surface area contributed by atoms with Crippen molar-refractivity contribution in [2.24, 2.45) is 0 Å². The zero-order valence-electron chi connectivity index (χ0n) is 14.0. The number of hydrogen-bond donors (Lipinski definition) is 0. The maximum atomic E-state index is 12.1. The number of hydrogen-bond acceptors (Lipinski definition) is 6. The fourth-order valence-electron chi connectivity index (χ4n) is 2.15. The van der Waals surface area contributed by atoms with Crippen molar-refractivity contribution in [2.75, 3.05) is 28.4 Å². The Bertz CT molecular complexity index is 755. The first-order valence-corrected chi connectivity index (χ1v) is 7.16. The second kappa shape index (κ2) is 8.01. The Morgan fingerprint density at radius 1 is 1.00 bits per heavy atom. The third kappa shape index (κ3) is 3.84.